The van der Waals surface area contributed by atoms with E-state index in [1.165, 1.54) is 0 Å². The maximum absolute atomic E-state index is 10.9. The zero-order valence-corrected chi connectivity index (χ0v) is 8.60. The van der Waals surface area contributed by atoms with Crippen LogP contribution in [0.25, 0.3) is 0 Å². The van der Waals surface area contributed by atoms with Gasteiger partial charge in [-0.1, -0.05) is 0 Å². The van der Waals surface area contributed by atoms with E-state index >= 15 is 0 Å². The minimum absolute atomic E-state index is 0.419. The van der Waals surface area contributed by atoms with Crippen LogP contribution in [0.1, 0.15) is 24.1 Å². The van der Waals surface area contributed by atoms with Gasteiger partial charge in [-0.05, 0) is 37.5 Å². The first-order valence-electron chi connectivity index (χ1n) is 4.98. The summed E-state index contributed by atoms with van der Waals surface area (Å²) in [6.45, 7) is 1.97. The topological polar surface area (TPSA) is 76.2 Å². The highest BCUT2D eigenvalue weighted by Crippen LogP contribution is 2.49. The normalized spacial score (nSPS) is 19.6. The number of aliphatic carboxylic acids is 1. The molecular formula is C11H14N2O2. The molecule has 1 aliphatic rings. The van der Waals surface area contributed by atoms with Crippen LogP contribution in [-0.4, -0.2) is 22.1 Å². The largest absolute Gasteiger partial charge is 0.480 e. The Bertz CT molecular complexity index is 399. The van der Waals surface area contributed by atoms with Gasteiger partial charge in [0.1, 0.15) is 6.04 Å². The number of hydrogen-bond acceptors (Lipinski definition) is 3. The van der Waals surface area contributed by atoms with Crippen molar-refractivity contribution in [2.75, 3.05) is 0 Å². The second-order valence-electron chi connectivity index (χ2n) is 4.19. The molecule has 4 nitrogen and oxygen atoms in total. The summed E-state index contributed by atoms with van der Waals surface area (Å²) < 4.78 is 0. The molecule has 2 rings (SSSR count). The molecular weight excluding hydrogens is 192 g/mol. The van der Waals surface area contributed by atoms with Crippen molar-refractivity contribution in [1.82, 2.24) is 4.98 Å². The third kappa shape index (κ3) is 1.61. The number of nitrogens with zero attached hydrogens (tertiary/aromatic N) is 1. The van der Waals surface area contributed by atoms with Gasteiger partial charge in [-0.15, -0.1) is 0 Å². The predicted octanol–water partition coefficient (Wildman–Crippen LogP) is 0.834. The summed E-state index contributed by atoms with van der Waals surface area (Å²) in [6.07, 6.45) is 3.34. The highest BCUT2D eigenvalue weighted by molar-refractivity contribution is 5.76. The fourth-order valence-electron chi connectivity index (χ4n) is 1.91. The zero-order valence-electron chi connectivity index (χ0n) is 8.60. The molecule has 0 aromatic carbocycles. The molecule has 0 spiro atoms. The van der Waals surface area contributed by atoms with Gasteiger partial charge in [-0.25, -0.2) is 0 Å². The summed E-state index contributed by atoms with van der Waals surface area (Å²) in [4.78, 5) is 15.1. The van der Waals surface area contributed by atoms with Crippen LogP contribution in [0, 0.1) is 6.92 Å². The lowest BCUT2D eigenvalue weighted by atomic mass is 9.92. The molecule has 0 amide bonds. The maximum atomic E-state index is 10.9. The number of aryl methyl sites for hydroxylation is 1. The third-order valence-corrected chi connectivity index (χ3v) is 3.08. The third-order valence-electron chi connectivity index (χ3n) is 3.08. The Kier molecular flexibility index (Phi) is 2.23. The quantitative estimate of drug-likeness (QED) is 0.768. The second-order valence-corrected chi connectivity index (χ2v) is 4.19. The molecule has 1 atom stereocenters. The van der Waals surface area contributed by atoms with Crippen molar-refractivity contribution in [3.05, 3.63) is 29.6 Å². The van der Waals surface area contributed by atoms with Gasteiger partial charge >= 0.3 is 5.97 Å². The Morgan fingerprint density at radius 3 is 2.80 bits per heavy atom. The lowest BCUT2D eigenvalue weighted by Gasteiger charge is -2.19. The fourth-order valence-corrected chi connectivity index (χ4v) is 1.91. The summed E-state index contributed by atoms with van der Waals surface area (Å²) in [5, 5.41) is 8.94. The van der Waals surface area contributed by atoms with Gasteiger partial charge in [0.25, 0.3) is 0 Å². The molecule has 1 unspecified atom stereocenters. The number of nitrogens with two attached hydrogens (primary N) is 1. The number of carbonyl (C=O) groups is 1. The standard InChI is InChI=1S/C11H14N2O2/c1-7-2-5-13-8(6-7)11(3-4-11)9(12)10(14)15/h2,5-6,9H,3-4,12H2,1H3,(H,14,15). The Morgan fingerprint density at radius 2 is 2.33 bits per heavy atom. The molecule has 0 saturated heterocycles. The van der Waals surface area contributed by atoms with E-state index in [1.807, 2.05) is 19.1 Å². The van der Waals surface area contributed by atoms with E-state index in [1.54, 1.807) is 6.20 Å². The zero-order chi connectivity index (χ0) is 11.1. The van der Waals surface area contributed by atoms with Gasteiger partial charge < -0.3 is 10.8 Å². The molecule has 1 aromatic heterocycles. The van der Waals surface area contributed by atoms with Crippen LogP contribution in [0.2, 0.25) is 0 Å². The number of pyridine rings is 1. The Labute approximate surface area is 88.1 Å². The minimum Gasteiger partial charge on any atom is -0.480 e. The van der Waals surface area contributed by atoms with Crippen molar-refractivity contribution in [1.29, 1.82) is 0 Å². The average molecular weight is 206 g/mol. The van der Waals surface area contributed by atoms with Crippen molar-refractivity contribution < 1.29 is 9.90 Å². The van der Waals surface area contributed by atoms with E-state index in [4.69, 9.17) is 10.8 Å². The first kappa shape index (κ1) is 10.1. The smallest absolute Gasteiger partial charge is 0.321 e. The van der Waals surface area contributed by atoms with E-state index < -0.39 is 17.4 Å². The van der Waals surface area contributed by atoms with Gasteiger partial charge in [-0.2, -0.15) is 0 Å². The van der Waals surface area contributed by atoms with E-state index in [-0.39, 0.29) is 0 Å². The predicted molar refractivity (Wildman–Crippen MR) is 55.5 cm³/mol. The van der Waals surface area contributed by atoms with Crippen molar-refractivity contribution >= 4 is 5.97 Å². The number of aromatic nitrogens is 1. The molecule has 1 aromatic rings. The molecule has 1 heterocycles. The Balaban J connectivity index is 2.34. The highest BCUT2D eigenvalue weighted by Gasteiger charge is 2.53. The molecule has 0 bridgehead atoms. The van der Waals surface area contributed by atoms with Crippen LogP contribution < -0.4 is 5.73 Å². The molecule has 1 aliphatic carbocycles. The van der Waals surface area contributed by atoms with Gasteiger partial charge in [0.2, 0.25) is 0 Å². The monoisotopic (exact) mass is 206 g/mol. The van der Waals surface area contributed by atoms with Crippen LogP contribution in [0.3, 0.4) is 0 Å². The van der Waals surface area contributed by atoms with Crippen LogP contribution in [0.4, 0.5) is 0 Å². The molecule has 1 saturated carbocycles. The van der Waals surface area contributed by atoms with Gasteiger partial charge in [-0.3, -0.25) is 9.78 Å². The average Bonchev–Trinajstić information content (AvgIpc) is 2.97. The molecule has 0 radical (unpaired) electrons. The molecule has 15 heavy (non-hydrogen) atoms. The van der Waals surface area contributed by atoms with Crippen LogP contribution >= 0.6 is 0 Å². The molecule has 1 fully saturated rings. The van der Waals surface area contributed by atoms with Gasteiger partial charge in [0.15, 0.2) is 0 Å². The highest BCUT2D eigenvalue weighted by atomic mass is 16.4. The van der Waals surface area contributed by atoms with Crippen LogP contribution in [0.5, 0.6) is 0 Å². The van der Waals surface area contributed by atoms with Crippen LogP contribution in [0.15, 0.2) is 18.3 Å². The summed E-state index contributed by atoms with van der Waals surface area (Å²) in [5.74, 6) is -0.948. The summed E-state index contributed by atoms with van der Waals surface area (Å²) in [6, 6.07) is 2.98. The maximum Gasteiger partial charge on any atom is 0.321 e. The fraction of sp³-hybridized carbons (Fsp3) is 0.455. The van der Waals surface area contributed by atoms with Crippen LogP contribution in [-0.2, 0) is 10.2 Å². The van der Waals surface area contributed by atoms with Crippen molar-refractivity contribution in [2.24, 2.45) is 5.73 Å². The van der Waals surface area contributed by atoms with E-state index in [0.29, 0.717) is 0 Å². The second kappa shape index (κ2) is 3.31. The molecule has 0 aliphatic heterocycles. The van der Waals surface area contributed by atoms with Gasteiger partial charge in [0, 0.05) is 17.3 Å². The minimum atomic E-state index is -0.948. The number of carboxylic acids is 1. The SMILES string of the molecule is Cc1ccnc(C2(C(N)C(=O)O)CC2)c1. The van der Waals surface area contributed by atoms with Crippen molar-refractivity contribution in [3.63, 3.8) is 0 Å². The van der Waals surface area contributed by atoms with E-state index in [9.17, 15) is 4.79 Å². The molecule has 4 heteroatoms. The molecule has 80 valence electrons. The van der Waals surface area contributed by atoms with E-state index in [0.717, 1.165) is 24.1 Å². The van der Waals surface area contributed by atoms with Gasteiger partial charge in [0.05, 0.1) is 0 Å². The number of carboxylic acid groups (broad SMARTS) is 1. The lowest BCUT2D eigenvalue weighted by molar-refractivity contribution is -0.139. The Hall–Kier alpha value is -1.42. The number of rotatable bonds is 3. The summed E-state index contributed by atoms with van der Waals surface area (Å²) in [5.41, 5.74) is 7.18. The lowest BCUT2D eigenvalue weighted by Crippen LogP contribution is -2.42. The summed E-state index contributed by atoms with van der Waals surface area (Å²) >= 11 is 0. The van der Waals surface area contributed by atoms with E-state index in [2.05, 4.69) is 4.98 Å². The van der Waals surface area contributed by atoms with Crippen molar-refractivity contribution in [2.45, 2.75) is 31.2 Å². The van der Waals surface area contributed by atoms with Crippen molar-refractivity contribution in [3.8, 4) is 0 Å². The number of hydrogen-bond donors (Lipinski definition) is 2. The molecule has 3 N–H and O–H groups in total. The summed E-state index contributed by atoms with van der Waals surface area (Å²) in [7, 11) is 0. The first-order valence-corrected chi connectivity index (χ1v) is 4.98. The first-order chi connectivity index (χ1) is 7.06. The Morgan fingerprint density at radius 1 is 1.67 bits per heavy atom.